The summed E-state index contributed by atoms with van der Waals surface area (Å²) < 4.78 is 31.9. The average Bonchev–Trinajstić information content (AvgIpc) is 3.38. The summed E-state index contributed by atoms with van der Waals surface area (Å²) >= 11 is 0. The summed E-state index contributed by atoms with van der Waals surface area (Å²) in [6, 6.07) is 3.91. The second-order valence-corrected chi connectivity index (χ2v) is 11.8. The molecule has 1 saturated carbocycles. The van der Waals surface area contributed by atoms with Gasteiger partial charge in [-0.15, -0.1) is 0 Å². The highest BCUT2D eigenvalue weighted by atomic mass is 19.1. The molecule has 1 aromatic rings. The number of carbonyl (C=O) groups excluding carboxylic acids is 2. The fraction of sp³-hybridized carbons (Fsp3) is 0.733. The van der Waals surface area contributed by atoms with Crippen LogP contribution in [0.15, 0.2) is 18.2 Å². The van der Waals surface area contributed by atoms with Gasteiger partial charge in [0.1, 0.15) is 18.4 Å². The fourth-order valence-electron chi connectivity index (χ4n) is 6.18. The summed E-state index contributed by atoms with van der Waals surface area (Å²) in [5, 5.41) is 0. The third-order valence-corrected chi connectivity index (χ3v) is 8.49. The maximum Gasteiger partial charge on any atom is 0.312 e. The van der Waals surface area contributed by atoms with Gasteiger partial charge < -0.3 is 14.4 Å². The molecule has 3 fully saturated rings. The van der Waals surface area contributed by atoms with E-state index in [0.717, 1.165) is 51.5 Å². The van der Waals surface area contributed by atoms with E-state index < -0.39 is 11.6 Å². The maximum atomic E-state index is 13.7. The zero-order valence-electron chi connectivity index (χ0n) is 23.7. The van der Waals surface area contributed by atoms with Crippen molar-refractivity contribution in [2.24, 2.45) is 11.3 Å². The predicted molar refractivity (Wildman–Crippen MR) is 145 cm³/mol. The normalized spacial score (nSPS) is 22.8. The van der Waals surface area contributed by atoms with Crippen molar-refractivity contribution in [3.8, 4) is 0 Å². The molecule has 2 saturated heterocycles. The first-order chi connectivity index (χ1) is 17.6. The van der Waals surface area contributed by atoms with Gasteiger partial charge in [-0.05, 0) is 104 Å². The van der Waals surface area contributed by atoms with Crippen LogP contribution in [0.3, 0.4) is 0 Å². The lowest BCUT2D eigenvalue weighted by Crippen LogP contribution is -2.48. The number of hydrogen-bond acceptors (Lipinski definition) is 5. The average molecular weight is 523 g/mol. The van der Waals surface area contributed by atoms with Crippen molar-refractivity contribution in [1.29, 1.82) is 0 Å². The zero-order valence-corrected chi connectivity index (χ0v) is 23.7. The molecule has 3 aliphatic rings. The van der Waals surface area contributed by atoms with Gasteiger partial charge in [0.2, 0.25) is 0 Å². The molecule has 0 amide bonds. The van der Waals surface area contributed by atoms with Crippen molar-refractivity contribution >= 4 is 12.8 Å². The highest BCUT2D eigenvalue weighted by Gasteiger charge is 2.48. The molecular formula is C30H48F2N2O3. The first kappa shape index (κ1) is 31.4. The van der Waals surface area contributed by atoms with E-state index in [-0.39, 0.29) is 22.8 Å². The standard InChI is InChI=1S/C15H27NO2.C14H19F2N.CH2O/c1-3-18-14(17)15(9-11-16(2)12-10-15)13-7-5-4-6-8-13;1-14(2,3)17-7-6-10(9-17)12-5-4-11(15)8-13(12)16;1-2/h13H,3-12H2,1-2H3;4-5,8,10H,6-7,9H2,1-3H3;1H2/t;10-;/m.0./s1. The number of esters is 1. The number of benzene rings is 1. The van der Waals surface area contributed by atoms with E-state index in [0.29, 0.717) is 18.1 Å². The first-order valence-corrected chi connectivity index (χ1v) is 13.9. The summed E-state index contributed by atoms with van der Waals surface area (Å²) in [4.78, 5) is 25.2. The Kier molecular flexibility index (Phi) is 12.2. The van der Waals surface area contributed by atoms with Crippen LogP contribution in [-0.2, 0) is 14.3 Å². The van der Waals surface area contributed by atoms with E-state index in [9.17, 15) is 13.6 Å². The molecule has 0 N–H and O–H groups in total. The van der Waals surface area contributed by atoms with Crippen LogP contribution in [0.4, 0.5) is 8.78 Å². The number of likely N-dealkylation sites (tertiary alicyclic amines) is 2. The van der Waals surface area contributed by atoms with E-state index in [1.807, 2.05) is 13.7 Å². The number of rotatable bonds is 4. The number of nitrogens with zero attached hydrogens (tertiary/aromatic N) is 2. The van der Waals surface area contributed by atoms with Crippen LogP contribution < -0.4 is 0 Å². The minimum atomic E-state index is -0.503. The van der Waals surface area contributed by atoms with Crippen LogP contribution in [0.2, 0.25) is 0 Å². The zero-order chi connectivity index (χ0) is 27.6. The molecule has 5 nitrogen and oxygen atoms in total. The molecule has 7 heteroatoms. The summed E-state index contributed by atoms with van der Waals surface area (Å²) in [6.07, 6.45) is 9.31. The van der Waals surface area contributed by atoms with Gasteiger partial charge >= 0.3 is 5.97 Å². The quantitative estimate of drug-likeness (QED) is 0.440. The highest BCUT2D eigenvalue weighted by molar-refractivity contribution is 5.77. The third-order valence-electron chi connectivity index (χ3n) is 8.49. The molecule has 0 unspecified atom stereocenters. The number of carbonyl (C=O) groups is 2. The molecule has 0 radical (unpaired) electrons. The van der Waals surface area contributed by atoms with Crippen LogP contribution in [0.5, 0.6) is 0 Å². The van der Waals surface area contributed by atoms with Gasteiger partial charge in [0, 0.05) is 24.1 Å². The van der Waals surface area contributed by atoms with E-state index in [1.165, 1.54) is 38.2 Å². The second-order valence-electron chi connectivity index (χ2n) is 11.8. The monoisotopic (exact) mass is 522 g/mol. The minimum Gasteiger partial charge on any atom is -0.466 e. The lowest BCUT2D eigenvalue weighted by molar-refractivity contribution is -0.164. The molecule has 4 rings (SSSR count). The fourth-order valence-corrected chi connectivity index (χ4v) is 6.18. The molecule has 0 aromatic heterocycles. The highest BCUT2D eigenvalue weighted by Crippen LogP contribution is 2.46. The van der Waals surface area contributed by atoms with Crippen LogP contribution >= 0.6 is 0 Å². The summed E-state index contributed by atoms with van der Waals surface area (Å²) in [6.45, 7) is 14.8. The Hall–Kier alpha value is -1.86. The van der Waals surface area contributed by atoms with E-state index in [1.54, 1.807) is 6.07 Å². The SMILES string of the molecule is C=O.CC(C)(C)N1CC[C@H](c2ccc(F)cc2F)C1.CCOC(=O)C1(C2CCCCC2)CCN(C)CC1. The molecule has 1 aromatic carbocycles. The summed E-state index contributed by atoms with van der Waals surface area (Å²) in [7, 11) is 2.15. The topological polar surface area (TPSA) is 49.9 Å². The minimum absolute atomic E-state index is 0.0880. The largest absolute Gasteiger partial charge is 0.466 e. The smallest absolute Gasteiger partial charge is 0.312 e. The number of halogens is 2. The Morgan fingerprint density at radius 1 is 1.05 bits per heavy atom. The van der Waals surface area contributed by atoms with Crippen molar-refractivity contribution in [1.82, 2.24) is 9.80 Å². The Labute approximate surface area is 222 Å². The molecule has 1 atom stereocenters. The summed E-state index contributed by atoms with van der Waals surface area (Å²) in [5.74, 6) is -0.0680. The first-order valence-electron chi connectivity index (χ1n) is 13.9. The lowest BCUT2D eigenvalue weighted by Gasteiger charge is -2.45. The van der Waals surface area contributed by atoms with E-state index in [2.05, 4.69) is 37.6 Å². The third kappa shape index (κ3) is 8.31. The Bertz CT molecular complexity index is 844. The molecular weight excluding hydrogens is 474 g/mol. The summed E-state index contributed by atoms with van der Waals surface area (Å²) in [5.41, 5.74) is 0.604. The maximum absolute atomic E-state index is 13.7. The molecule has 37 heavy (non-hydrogen) atoms. The van der Waals surface area contributed by atoms with Crippen molar-refractivity contribution in [3.63, 3.8) is 0 Å². The molecule has 0 bridgehead atoms. The molecule has 210 valence electrons. The van der Waals surface area contributed by atoms with Crippen LogP contribution in [0.1, 0.15) is 90.5 Å². The molecule has 2 heterocycles. The Morgan fingerprint density at radius 2 is 1.68 bits per heavy atom. The number of piperidine rings is 1. The number of hydrogen-bond donors (Lipinski definition) is 0. The van der Waals surface area contributed by atoms with Crippen molar-refractivity contribution in [3.05, 3.63) is 35.4 Å². The second kappa shape index (κ2) is 14.3. The van der Waals surface area contributed by atoms with Crippen LogP contribution in [-0.4, -0.2) is 67.9 Å². The van der Waals surface area contributed by atoms with Gasteiger partial charge in [-0.2, -0.15) is 0 Å². The van der Waals surface area contributed by atoms with Crippen molar-refractivity contribution in [2.45, 2.75) is 90.5 Å². The van der Waals surface area contributed by atoms with Crippen molar-refractivity contribution < 1.29 is 23.1 Å². The van der Waals surface area contributed by atoms with Gasteiger partial charge in [0.15, 0.2) is 0 Å². The Balaban J connectivity index is 0.000000244. The van der Waals surface area contributed by atoms with Gasteiger partial charge in [-0.25, -0.2) is 8.78 Å². The number of ether oxygens (including phenoxy) is 1. The van der Waals surface area contributed by atoms with Crippen LogP contribution in [0, 0.1) is 23.0 Å². The molecule has 2 aliphatic heterocycles. The lowest BCUT2D eigenvalue weighted by atomic mass is 9.64. The molecule has 0 spiro atoms. The Morgan fingerprint density at radius 3 is 2.19 bits per heavy atom. The van der Waals surface area contributed by atoms with Crippen LogP contribution in [0.25, 0.3) is 0 Å². The predicted octanol–water partition coefficient (Wildman–Crippen LogP) is 6.21. The van der Waals surface area contributed by atoms with Crippen molar-refractivity contribution in [2.75, 3.05) is 39.8 Å². The van der Waals surface area contributed by atoms with Gasteiger partial charge in [0.05, 0.1) is 12.0 Å². The van der Waals surface area contributed by atoms with Gasteiger partial charge in [-0.1, -0.05) is 25.3 Å². The van der Waals surface area contributed by atoms with E-state index in [4.69, 9.17) is 9.53 Å². The van der Waals surface area contributed by atoms with E-state index >= 15 is 0 Å². The van der Waals surface area contributed by atoms with Gasteiger partial charge in [-0.3, -0.25) is 9.69 Å². The molecule has 1 aliphatic carbocycles. The van der Waals surface area contributed by atoms with Gasteiger partial charge in [0.25, 0.3) is 0 Å².